The predicted molar refractivity (Wildman–Crippen MR) is 57.1 cm³/mol. The van der Waals surface area contributed by atoms with Crippen LogP contribution in [-0.2, 0) is 4.74 Å². The molecule has 1 fully saturated rings. The molecule has 1 unspecified atom stereocenters. The minimum atomic E-state index is 0.168. The largest absolute Gasteiger partial charge is 0.497 e. The average molecular weight is 208 g/mol. The number of hydrogen-bond donors (Lipinski definition) is 1. The quantitative estimate of drug-likeness (QED) is 0.813. The SMILES string of the molecule is COc1cccc(C(CO)C2COC2)c1. The minimum absolute atomic E-state index is 0.168. The lowest BCUT2D eigenvalue weighted by Crippen LogP contribution is -2.34. The maximum absolute atomic E-state index is 9.38. The van der Waals surface area contributed by atoms with Gasteiger partial charge in [0, 0.05) is 11.8 Å². The number of methoxy groups -OCH3 is 1. The third-order valence-corrected chi connectivity index (χ3v) is 2.95. The van der Waals surface area contributed by atoms with E-state index >= 15 is 0 Å². The molecule has 15 heavy (non-hydrogen) atoms. The van der Waals surface area contributed by atoms with Gasteiger partial charge in [-0.3, -0.25) is 0 Å². The van der Waals surface area contributed by atoms with Gasteiger partial charge in [0.25, 0.3) is 0 Å². The third kappa shape index (κ3) is 2.13. The van der Waals surface area contributed by atoms with Crippen LogP contribution in [-0.4, -0.2) is 32.0 Å². The average Bonchev–Trinajstić information content (AvgIpc) is 2.23. The van der Waals surface area contributed by atoms with Crippen molar-refractivity contribution in [3.63, 3.8) is 0 Å². The van der Waals surface area contributed by atoms with Gasteiger partial charge in [-0.1, -0.05) is 12.1 Å². The summed E-state index contributed by atoms with van der Waals surface area (Å²) in [6.45, 7) is 1.67. The van der Waals surface area contributed by atoms with Crippen molar-refractivity contribution in [2.45, 2.75) is 5.92 Å². The maximum Gasteiger partial charge on any atom is 0.119 e. The molecule has 1 aromatic rings. The molecule has 0 bridgehead atoms. The summed E-state index contributed by atoms with van der Waals surface area (Å²) in [7, 11) is 1.65. The van der Waals surface area contributed by atoms with Crippen molar-refractivity contribution in [1.82, 2.24) is 0 Å². The highest BCUT2D eigenvalue weighted by molar-refractivity contribution is 5.31. The molecule has 1 aliphatic heterocycles. The van der Waals surface area contributed by atoms with E-state index in [4.69, 9.17) is 9.47 Å². The molecule has 0 spiro atoms. The van der Waals surface area contributed by atoms with Crippen LogP contribution in [0.1, 0.15) is 11.5 Å². The van der Waals surface area contributed by atoms with Crippen LogP contribution < -0.4 is 4.74 Å². The highest BCUT2D eigenvalue weighted by Crippen LogP contribution is 2.31. The molecule has 0 saturated carbocycles. The van der Waals surface area contributed by atoms with E-state index in [9.17, 15) is 5.11 Å². The molecule has 1 aromatic carbocycles. The summed E-state index contributed by atoms with van der Waals surface area (Å²) in [4.78, 5) is 0. The molecule has 3 nitrogen and oxygen atoms in total. The standard InChI is InChI=1S/C12H16O3/c1-14-11-4-2-3-9(5-11)12(6-13)10-7-15-8-10/h2-5,10,12-13H,6-8H2,1H3. The van der Waals surface area contributed by atoms with Gasteiger partial charge >= 0.3 is 0 Å². The van der Waals surface area contributed by atoms with Gasteiger partial charge in [-0.25, -0.2) is 0 Å². The third-order valence-electron chi connectivity index (χ3n) is 2.95. The van der Waals surface area contributed by atoms with Crippen molar-refractivity contribution < 1.29 is 14.6 Å². The first kappa shape index (κ1) is 10.5. The molecule has 1 aliphatic rings. The van der Waals surface area contributed by atoms with Gasteiger partial charge in [0.05, 0.1) is 26.9 Å². The summed E-state index contributed by atoms with van der Waals surface area (Å²) in [5.74, 6) is 1.46. The molecular formula is C12H16O3. The fourth-order valence-electron chi connectivity index (χ4n) is 1.89. The topological polar surface area (TPSA) is 38.7 Å². The second-order valence-electron chi connectivity index (χ2n) is 3.86. The zero-order chi connectivity index (χ0) is 10.7. The molecular weight excluding hydrogens is 192 g/mol. The Morgan fingerprint density at radius 3 is 2.87 bits per heavy atom. The number of rotatable bonds is 4. The Labute approximate surface area is 89.6 Å². The predicted octanol–water partition coefficient (Wildman–Crippen LogP) is 1.42. The Balaban J connectivity index is 2.17. The van der Waals surface area contributed by atoms with Crippen molar-refractivity contribution in [1.29, 1.82) is 0 Å². The second kappa shape index (κ2) is 4.64. The second-order valence-corrected chi connectivity index (χ2v) is 3.86. The molecule has 0 amide bonds. The highest BCUT2D eigenvalue weighted by Gasteiger charge is 2.29. The lowest BCUT2D eigenvalue weighted by Gasteiger charge is -2.33. The van der Waals surface area contributed by atoms with Crippen LogP contribution in [0.3, 0.4) is 0 Å². The lowest BCUT2D eigenvalue weighted by molar-refractivity contribution is -0.0527. The van der Waals surface area contributed by atoms with E-state index in [0.29, 0.717) is 5.92 Å². The van der Waals surface area contributed by atoms with Crippen LogP contribution >= 0.6 is 0 Å². The van der Waals surface area contributed by atoms with Crippen molar-refractivity contribution in [2.24, 2.45) is 5.92 Å². The number of benzene rings is 1. The fraction of sp³-hybridized carbons (Fsp3) is 0.500. The first-order valence-corrected chi connectivity index (χ1v) is 5.17. The van der Waals surface area contributed by atoms with Crippen LogP contribution in [0, 0.1) is 5.92 Å². The van der Waals surface area contributed by atoms with Gasteiger partial charge < -0.3 is 14.6 Å². The molecule has 3 heteroatoms. The summed E-state index contributed by atoms with van der Waals surface area (Å²) in [5, 5.41) is 9.38. The van der Waals surface area contributed by atoms with E-state index in [1.54, 1.807) is 7.11 Å². The number of ether oxygens (including phenoxy) is 2. The zero-order valence-corrected chi connectivity index (χ0v) is 8.85. The lowest BCUT2D eigenvalue weighted by atomic mass is 9.85. The van der Waals surface area contributed by atoms with Crippen LogP contribution in [0.4, 0.5) is 0 Å². The first-order valence-electron chi connectivity index (χ1n) is 5.17. The monoisotopic (exact) mass is 208 g/mol. The van der Waals surface area contributed by atoms with Gasteiger partial charge in [-0.05, 0) is 17.7 Å². The van der Waals surface area contributed by atoms with Gasteiger partial charge in [0.15, 0.2) is 0 Å². The first-order chi connectivity index (χ1) is 7.35. The van der Waals surface area contributed by atoms with Gasteiger partial charge in [0.2, 0.25) is 0 Å². The molecule has 0 aliphatic carbocycles. The molecule has 82 valence electrons. The molecule has 1 N–H and O–H groups in total. The smallest absolute Gasteiger partial charge is 0.119 e. The summed E-state index contributed by atoms with van der Waals surface area (Å²) >= 11 is 0. The Hall–Kier alpha value is -1.06. The van der Waals surface area contributed by atoms with Crippen molar-refractivity contribution in [3.8, 4) is 5.75 Å². The number of aliphatic hydroxyl groups is 1. The van der Waals surface area contributed by atoms with E-state index in [-0.39, 0.29) is 12.5 Å². The summed E-state index contributed by atoms with van der Waals surface area (Å²) in [6.07, 6.45) is 0. The highest BCUT2D eigenvalue weighted by atomic mass is 16.5. The Morgan fingerprint density at radius 2 is 2.33 bits per heavy atom. The van der Waals surface area contributed by atoms with Gasteiger partial charge in [0.1, 0.15) is 5.75 Å². The summed E-state index contributed by atoms with van der Waals surface area (Å²) in [5.41, 5.74) is 1.13. The molecule has 0 radical (unpaired) electrons. The van der Waals surface area contributed by atoms with Gasteiger partial charge in [-0.15, -0.1) is 0 Å². The normalized spacial score (nSPS) is 18.3. The summed E-state index contributed by atoms with van der Waals surface area (Å²) in [6, 6.07) is 7.88. The van der Waals surface area contributed by atoms with Crippen LogP contribution in [0.15, 0.2) is 24.3 Å². The Bertz CT molecular complexity index is 320. The Morgan fingerprint density at radius 1 is 1.53 bits per heavy atom. The van der Waals surface area contributed by atoms with Crippen molar-refractivity contribution >= 4 is 0 Å². The number of hydrogen-bond acceptors (Lipinski definition) is 3. The molecule has 1 heterocycles. The van der Waals surface area contributed by atoms with E-state index in [0.717, 1.165) is 24.5 Å². The fourth-order valence-corrected chi connectivity index (χ4v) is 1.89. The van der Waals surface area contributed by atoms with E-state index in [2.05, 4.69) is 0 Å². The van der Waals surface area contributed by atoms with Crippen molar-refractivity contribution in [2.75, 3.05) is 26.9 Å². The summed E-state index contributed by atoms with van der Waals surface area (Å²) < 4.78 is 10.3. The van der Waals surface area contributed by atoms with Crippen molar-refractivity contribution in [3.05, 3.63) is 29.8 Å². The van der Waals surface area contributed by atoms with E-state index < -0.39 is 0 Å². The van der Waals surface area contributed by atoms with E-state index in [1.165, 1.54) is 0 Å². The van der Waals surface area contributed by atoms with Gasteiger partial charge in [-0.2, -0.15) is 0 Å². The van der Waals surface area contributed by atoms with Crippen LogP contribution in [0.2, 0.25) is 0 Å². The molecule has 0 aromatic heterocycles. The molecule has 2 rings (SSSR count). The molecule has 1 atom stereocenters. The van der Waals surface area contributed by atoms with Crippen LogP contribution in [0.25, 0.3) is 0 Å². The number of aliphatic hydroxyl groups excluding tert-OH is 1. The molecule has 1 saturated heterocycles. The van der Waals surface area contributed by atoms with E-state index in [1.807, 2.05) is 24.3 Å². The Kier molecular flexibility index (Phi) is 3.23. The maximum atomic E-state index is 9.38. The minimum Gasteiger partial charge on any atom is -0.497 e. The van der Waals surface area contributed by atoms with Crippen LogP contribution in [0.5, 0.6) is 5.75 Å². The zero-order valence-electron chi connectivity index (χ0n) is 8.85.